The Labute approximate surface area is 112 Å². The van der Waals surface area contributed by atoms with Crippen molar-refractivity contribution in [3.63, 3.8) is 0 Å². The SMILES string of the molecule is CC1CCCN(C(=O)Cc2cc(Cl)ccc2O)C1. The van der Waals surface area contributed by atoms with Crippen molar-refractivity contribution in [2.75, 3.05) is 13.1 Å². The van der Waals surface area contributed by atoms with Gasteiger partial charge in [0.1, 0.15) is 5.75 Å². The van der Waals surface area contributed by atoms with Crippen molar-refractivity contribution in [2.24, 2.45) is 5.92 Å². The van der Waals surface area contributed by atoms with Crippen LogP contribution in [-0.4, -0.2) is 29.0 Å². The van der Waals surface area contributed by atoms with Gasteiger partial charge >= 0.3 is 0 Å². The minimum absolute atomic E-state index is 0.0686. The molecule has 1 aliphatic rings. The lowest BCUT2D eigenvalue weighted by Crippen LogP contribution is -2.39. The Bertz CT molecular complexity index is 447. The van der Waals surface area contributed by atoms with Crippen molar-refractivity contribution in [3.05, 3.63) is 28.8 Å². The van der Waals surface area contributed by atoms with E-state index >= 15 is 0 Å². The Balaban J connectivity index is 2.04. The number of nitrogens with zero attached hydrogens (tertiary/aromatic N) is 1. The van der Waals surface area contributed by atoms with Crippen LogP contribution >= 0.6 is 11.6 Å². The van der Waals surface area contributed by atoms with Crippen LogP contribution in [0.1, 0.15) is 25.3 Å². The van der Waals surface area contributed by atoms with Gasteiger partial charge in [-0.3, -0.25) is 4.79 Å². The fourth-order valence-electron chi connectivity index (χ4n) is 2.39. The second kappa shape index (κ2) is 5.61. The van der Waals surface area contributed by atoms with E-state index in [9.17, 15) is 9.90 Å². The lowest BCUT2D eigenvalue weighted by molar-refractivity contribution is -0.132. The Morgan fingerprint density at radius 3 is 3.06 bits per heavy atom. The third-order valence-electron chi connectivity index (χ3n) is 3.39. The quantitative estimate of drug-likeness (QED) is 0.895. The van der Waals surface area contributed by atoms with Crippen LogP contribution in [0, 0.1) is 5.92 Å². The molecule has 4 heteroatoms. The van der Waals surface area contributed by atoms with Gasteiger partial charge in [0.2, 0.25) is 5.91 Å². The van der Waals surface area contributed by atoms with Gasteiger partial charge in [0.15, 0.2) is 0 Å². The molecule has 1 aromatic carbocycles. The summed E-state index contributed by atoms with van der Waals surface area (Å²) >= 11 is 5.87. The first-order valence-corrected chi connectivity index (χ1v) is 6.69. The molecule has 0 radical (unpaired) electrons. The van der Waals surface area contributed by atoms with Gasteiger partial charge in [0, 0.05) is 23.7 Å². The molecule has 2 rings (SSSR count). The van der Waals surface area contributed by atoms with Crippen LogP contribution in [0.25, 0.3) is 0 Å². The van der Waals surface area contributed by atoms with E-state index in [-0.39, 0.29) is 18.1 Å². The molecule has 1 amide bonds. The van der Waals surface area contributed by atoms with E-state index in [2.05, 4.69) is 6.92 Å². The van der Waals surface area contributed by atoms with Gasteiger partial charge in [-0.1, -0.05) is 18.5 Å². The maximum atomic E-state index is 12.1. The van der Waals surface area contributed by atoms with Crippen LogP contribution in [0.2, 0.25) is 5.02 Å². The Morgan fingerprint density at radius 2 is 2.33 bits per heavy atom. The normalized spacial score (nSPS) is 19.9. The highest BCUT2D eigenvalue weighted by Crippen LogP contribution is 2.23. The Kier molecular flexibility index (Phi) is 4.12. The van der Waals surface area contributed by atoms with E-state index in [1.807, 2.05) is 4.90 Å². The monoisotopic (exact) mass is 267 g/mol. The number of hydrogen-bond donors (Lipinski definition) is 1. The summed E-state index contributed by atoms with van der Waals surface area (Å²) in [6.45, 7) is 3.81. The van der Waals surface area contributed by atoms with Crippen LogP contribution in [0.5, 0.6) is 5.75 Å². The van der Waals surface area contributed by atoms with Crippen molar-refractivity contribution < 1.29 is 9.90 Å². The molecular formula is C14H18ClNO2. The average Bonchev–Trinajstić information content (AvgIpc) is 2.34. The Hall–Kier alpha value is -1.22. The van der Waals surface area contributed by atoms with Crippen molar-refractivity contribution >= 4 is 17.5 Å². The van der Waals surface area contributed by atoms with E-state index in [4.69, 9.17) is 11.6 Å². The lowest BCUT2D eigenvalue weighted by atomic mass is 9.99. The highest BCUT2D eigenvalue weighted by molar-refractivity contribution is 6.30. The van der Waals surface area contributed by atoms with Gasteiger partial charge in [0.25, 0.3) is 0 Å². The molecule has 1 aliphatic heterocycles. The number of piperidine rings is 1. The summed E-state index contributed by atoms with van der Waals surface area (Å²) in [5.74, 6) is 0.771. The van der Waals surface area contributed by atoms with Crippen LogP contribution in [0.4, 0.5) is 0 Å². The van der Waals surface area contributed by atoms with Crippen LogP contribution in [0.3, 0.4) is 0 Å². The number of likely N-dealkylation sites (tertiary alicyclic amines) is 1. The summed E-state index contributed by atoms with van der Waals surface area (Å²) < 4.78 is 0. The first-order valence-electron chi connectivity index (χ1n) is 6.31. The van der Waals surface area contributed by atoms with Gasteiger partial charge in [-0.05, 0) is 37.0 Å². The topological polar surface area (TPSA) is 40.5 Å². The van der Waals surface area contributed by atoms with E-state index in [1.54, 1.807) is 12.1 Å². The maximum Gasteiger partial charge on any atom is 0.227 e. The van der Waals surface area contributed by atoms with Gasteiger partial charge in [-0.2, -0.15) is 0 Å². The second-order valence-corrected chi connectivity index (χ2v) is 5.47. The molecule has 1 saturated heterocycles. The number of rotatable bonds is 2. The van der Waals surface area contributed by atoms with E-state index < -0.39 is 0 Å². The molecule has 18 heavy (non-hydrogen) atoms. The molecule has 1 aromatic rings. The standard InChI is InChI=1S/C14H18ClNO2/c1-10-3-2-6-16(9-10)14(18)8-11-7-12(15)4-5-13(11)17/h4-5,7,10,17H,2-3,6,8-9H2,1H3. The molecule has 1 atom stereocenters. The predicted octanol–water partition coefficient (Wildman–Crippen LogP) is 2.85. The number of phenols is 1. The molecule has 1 unspecified atom stereocenters. The zero-order valence-corrected chi connectivity index (χ0v) is 11.3. The number of phenolic OH excluding ortho intramolecular Hbond substituents is 1. The fraction of sp³-hybridized carbons (Fsp3) is 0.500. The molecule has 98 valence electrons. The first kappa shape index (κ1) is 13.2. The zero-order chi connectivity index (χ0) is 13.1. The van der Waals surface area contributed by atoms with Crippen molar-refractivity contribution in [2.45, 2.75) is 26.2 Å². The van der Waals surface area contributed by atoms with Crippen molar-refractivity contribution in [3.8, 4) is 5.75 Å². The number of carbonyl (C=O) groups is 1. The first-order chi connectivity index (χ1) is 8.56. The third kappa shape index (κ3) is 3.16. The summed E-state index contributed by atoms with van der Waals surface area (Å²) in [7, 11) is 0. The highest BCUT2D eigenvalue weighted by atomic mass is 35.5. The molecule has 0 spiro atoms. The molecule has 3 nitrogen and oxygen atoms in total. The number of carbonyl (C=O) groups excluding carboxylic acids is 1. The molecule has 0 saturated carbocycles. The number of benzene rings is 1. The van der Waals surface area contributed by atoms with Crippen LogP contribution < -0.4 is 0 Å². The summed E-state index contributed by atoms with van der Waals surface area (Å²) in [6.07, 6.45) is 2.47. The van der Waals surface area contributed by atoms with Crippen molar-refractivity contribution in [1.82, 2.24) is 4.90 Å². The number of aromatic hydroxyl groups is 1. The molecule has 0 aliphatic carbocycles. The molecule has 0 bridgehead atoms. The maximum absolute atomic E-state index is 12.1. The molecule has 0 aromatic heterocycles. The summed E-state index contributed by atoms with van der Waals surface area (Å²) in [6, 6.07) is 4.81. The summed E-state index contributed by atoms with van der Waals surface area (Å²) in [5, 5.41) is 10.2. The minimum atomic E-state index is 0.0686. The van der Waals surface area contributed by atoms with Crippen LogP contribution in [-0.2, 0) is 11.2 Å². The van der Waals surface area contributed by atoms with E-state index in [0.717, 1.165) is 19.5 Å². The van der Waals surface area contributed by atoms with Crippen LogP contribution in [0.15, 0.2) is 18.2 Å². The molecule has 1 N–H and O–H groups in total. The smallest absolute Gasteiger partial charge is 0.227 e. The van der Waals surface area contributed by atoms with E-state index in [0.29, 0.717) is 16.5 Å². The largest absolute Gasteiger partial charge is 0.508 e. The van der Waals surface area contributed by atoms with E-state index in [1.165, 1.54) is 12.5 Å². The Morgan fingerprint density at radius 1 is 1.56 bits per heavy atom. The van der Waals surface area contributed by atoms with Crippen molar-refractivity contribution in [1.29, 1.82) is 0 Å². The zero-order valence-electron chi connectivity index (χ0n) is 10.5. The summed E-state index contributed by atoms with van der Waals surface area (Å²) in [4.78, 5) is 14.0. The van der Waals surface area contributed by atoms with Gasteiger partial charge in [0.05, 0.1) is 6.42 Å². The number of amides is 1. The fourth-order valence-corrected chi connectivity index (χ4v) is 2.58. The highest BCUT2D eigenvalue weighted by Gasteiger charge is 2.21. The van der Waals surface area contributed by atoms with Gasteiger partial charge < -0.3 is 10.0 Å². The summed E-state index contributed by atoms with van der Waals surface area (Å²) in [5.41, 5.74) is 0.603. The molecule has 1 heterocycles. The second-order valence-electron chi connectivity index (χ2n) is 5.04. The predicted molar refractivity (Wildman–Crippen MR) is 71.8 cm³/mol. The third-order valence-corrected chi connectivity index (χ3v) is 3.63. The number of halogens is 1. The number of hydrogen-bond acceptors (Lipinski definition) is 2. The molecule has 1 fully saturated rings. The molecular weight excluding hydrogens is 250 g/mol. The van der Waals surface area contributed by atoms with Gasteiger partial charge in [-0.15, -0.1) is 0 Å². The minimum Gasteiger partial charge on any atom is -0.508 e. The average molecular weight is 268 g/mol. The van der Waals surface area contributed by atoms with Gasteiger partial charge in [-0.25, -0.2) is 0 Å². The lowest BCUT2D eigenvalue weighted by Gasteiger charge is -2.31.